The molecule has 0 bridgehead atoms. The van der Waals surface area contributed by atoms with Crippen LogP contribution >= 0.6 is 35.3 Å². The third-order valence-corrected chi connectivity index (χ3v) is 6.87. The molecule has 1 atom stereocenters. The van der Waals surface area contributed by atoms with Gasteiger partial charge in [0, 0.05) is 6.04 Å². The van der Waals surface area contributed by atoms with Gasteiger partial charge < -0.3 is 5.32 Å². The lowest BCUT2D eigenvalue weighted by atomic mass is 10.1. The molecule has 2 aromatic rings. The minimum Gasteiger partial charge on any atom is -0.352 e. The van der Waals surface area contributed by atoms with Gasteiger partial charge in [0.05, 0.1) is 10.9 Å². The van der Waals surface area contributed by atoms with Crippen LogP contribution in [0, 0.1) is 9.77 Å². The van der Waals surface area contributed by atoms with E-state index in [1.165, 1.54) is 60.9 Å². The third-order valence-electron chi connectivity index (χ3n) is 4.45. The zero-order valence-corrected chi connectivity index (χ0v) is 17.1. The van der Waals surface area contributed by atoms with E-state index in [-0.39, 0.29) is 17.0 Å². The predicted octanol–water partition coefficient (Wildman–Crippen LogP) is 5.12. The summed E-state index contributed by atoms with van der Waals surface area (Å²) in [6.45, 7) is 1.89. The Hall–Kier alpha value is -1.25. The molecule has 1 heterocycles. The quantitative estimate of drug-likeness (QED) is 0.421. The van der Waals surface area contributed by atoms with Crippen molar-refractivity contribution in [3.8, 4) is 5.69 Å². The minimum atomic E-state index is -0.297. The highest BCUT2D eigenvalue weighted by atomic mass is 32.2. The molecule has 8 heteroatoms. The van der Waals surface area contributed by atoms with Gasteiger partial charge in [-0.3, -0.25) is 4.79 Å². The van der Waals surface area contributed by atoms with Crippen LogP contribution in [0.15, 0.2) is 28.6 Å². The Morgan fingerprint density at radius 1 is 1.31 bits per heavy atom. The molecular formula is C18H22FN3OS3. The molecule has 1 aliphatic rings. The number of rotatable bonds is 5. The second-order valence-electron chi connectivity index (χ2n) is 6.48. The molecule has 1 aromatic heterocycles. The molecule has 0 radical (unpaired) electrons. The van der Waals surface area contributed by atoms with Crippen molar-refractivity contribution in [2.75, 3.05) is 0 Å². The maximum atomic E-state index is 13.1. The number of aromatic nitrogens is 2. The molecule has 0 unspecified atom stereocenters. The first-order valence-electron chi connectivity index (χ1n) is 8.86. The number of benzene rings is 1. The van der Waals surface area contributed by atoms with Crippen LogP contribution in [0.1, 0.15) is 45.4 Å². The highest BCUT2D eigenvalue weighted by Crippen LogP contribution is 2.28. The van der Waals surface area contributed by atoms with Gasteiger partial charge in [-0.05, 0) is 56.2 Å². The maximum Gasteiger partial charge on any atom is 0.233 e. The second kappa shape index (κ2) is 9.10. The van der Waals surface area contributed by atoms with E-state index in [1.54, 1.807) is 16.8 Å². The van der Waals surface area contributed by atoms with Gasteiger partial charge >= 0.3 is 0 Å². The minimum absolute atomic E-state index is 0.0522. The lowest BCUT2D eigenvalue weighted by Gasteiger charge is -2.18. The molecule has 3 rings (SSSR count). The van der Waals surface area contributed by atoms with Gasteiger partial charge in [0.25, 0.3) is 0 Å². The van der Waals surface area contributed by atoms with Crippen LogP contribution in [-0.4, -0.2) is 27.0 Å². The van der Waals surface area contributed by atoms with Gasteiger partial charge in [-0.2, -0.15) is 0 Å². The van der Waals surface area contributed by atoms with Gasteiger partial charge in [-0.25, -0.2) is 9.07 Å². The van der Waals surface area contributed by atoms with E-state index in [2.05, 4.69) is 10.4 Å². The van der Waals surface area contributed by atoms with Crippen LogP contribution in [0.3, 0.4) is 0 Å². The molecule has 140 valence electrons. The van der Waals surface area contributed by atoms with Crippen molar-refractivity contribution in [1.29, 1.82) is 0 Å². The number of halogens is 1. The summed E-state index contributed by atoms with van der Waals surface area (Å²) >= 11 is 8.14. The highest BCUT2D eigenvalue weighted by Gasteiger charge is 2.21. The summed E-state index contributed by atoms with van der Waals surface area (Å²) in [5.41, 5.74) is 0.718. The number of nitrogens with one attached hydrogen (secondary N) is 1. The van der Waals surface area contributed by atoms with E-state index >= 15 is 0 Å². The zero-order chi connectivity index (χ0) is 18.5. The van der Waals surface area contributed by atoms with Gasteiger partial charge in [0.1, 0.15) is 5.82 Å². The Labute approximate surface area is 166 Å². The molecule has 4 nitrogen and oxygen atoms in total. The first kappa shape index (κ1) is 19.5. The van der Waals surface area contributed by atoms with E-state index in [9.17, 15) is 9.18 Å². The number of thioether (sulfide) groups is 1. The summed E-state index contributed by atoms with van der Waals surface area (Å²) in [7, 11) is 0. The monoisotopic (exact) mass is 411 g/mol. The topological polar surface area (TPSA) is 46.9 Å². The highest BCUT2D eigenvalue weighted by molar-refractivity contribution is 8.02. The number of hydrogen-bond donors (Lipinski definition) is 1. The average molecular weight is 412 g/mol. The first-order chi connectivity index (χ1) is 12.5. The SMILES string of the molecule is C[C@@H](Sc1nn(-c2ccc(F)cc2)c(=S)s1)C(=O)NC1CCCCCC1. The Kier molecular flexibility index (Phi) is 6.83. The molecule has 1 amide bonds. The molecule has 1 N–H and O–H groups in total. The van der Waals surface area contributed by atoms with Crippen molar-refractivity contribution >= 4 is 41.2 Å². The van der Waals surface area contributed by atoms with Gasteiger partial charge in [0.2, 0.25) is 5.91 Å². The van der Waals surface area contributed by atoms with Crippen LogP contribution < -0.4 is 5.32 Å². The van der Waals surface area contributed by atoms with Crippen LogP contribution in [0.2, 0.25) is 0 Å². The Morgan fingerprint density at radius 3 is 2.62 bits per heavy atom. The fraction of sp³-hybridized carbons (Fsp3) is 0.500. The molecule has 0 saturated heterocycles. The van der Waals surface area contributed by atoms with E-state index in [0.717, 1.165) is 22.9 Å². The van der Waals surface area contributed by atoms with E-state index in [0.29, 0.717) is 10.00 Å². The number of nitrogens with zero attached hydrogens (tertiary/aromatic N) is 2. The Balaban J connectivity index is 1.63. The average Bonchev–Trinajstić information content (AvgIpc) is 2.82. The number of carbonyl (C=O) groups is 1. The molecule has 26 heavy (non-hydrogen) atoms. The maximum absolute atomic E-state index is 13.1. The summed E-state index contributed by atoms with van der Waals surface area (Å²) in [6.07, 6.45) is 7.05. The fourth-order valence-electron chi connectivity index (χ4n) is 3.00. The van der Waals surface area contributed by atoms with Crippen LogP contribution in [-0.2, 0) is 4.79 Å². The van der Waals surface area contributed by atoms with Crippen LogP contribution in [0.25, 0.3) is 5.69 Å². The zero-order valence-electron chi connectivity index (χ0n) is 14.6. The Bertz CT molecular complexity index is 795. The van der Waals surface area contributed by atoms with Gasteiger partial charge in [-0.1, -0.05) is 48.8 Å². The van der Waals surface area contributed by atoms with Crippen molar-refractivity contribution in [3.63, 3.8) is 0 Å². The van der Waals surface area contributed by atoms with Crippen molar-refractivity contribution < 1.29 is 9.18 Å². The van der Waals surface area contributed by atoms with Crippen molar-refractivity contribution in [2.24, 2.45) is 0 Å². The Morgan fingerprint density at radius 2 is 1.96 bits per heavy atom. The molecule has 1 fully saturated rings. The summed E-state index contributed by atoms with van der Waals surface area (Å²) in [5.74, 6) is -0.245. The van der Waals surface area contributed by atoms with Gasteiger partial charge in [0.15, 0.2) is 8.29 Å². The third kappa shape index (κ3) is 5.14. The van der Waals surface area contributed by atoms with Crippen LogP contribution in [0.4, 0.5) is 4.39 Å². The molecule has 0 aliphatic heterocycles. The number of carbonyl (C=O) groups excluding carboxylic acids is 1. The van der Waals surface area contributed by atoms with Crippen LogP contribution in [0.5, 0.6) is 0 Å². The summed E-state index contributed by atoms with van der Waals surface area (Å²) < 4.78 is 16.0. The smallest absolute Gasteiger partial charge is 0.233 e. The van der Waals surface area contributed by atoms with E-state index in [4.69, 9.17) is 12.2 Å². The molecule has 0 spiro atoms. The lowest BCUT2D eigenvalue weighted by Crippen LogP contribution is -2.39. The molecule has 1 aliphatic carbocycles. The standard InChI is InChI=1S/C18H22FN3OS3/c1-12(16(23)20-14-6-4-2-3-5-7-14)25-17-21-22(18(24)26-17)15-10-8-13(19)9-11-15/h8-12,14H,2-7H2,1H3,(H,20,23)/t12-/m1/s1. The first-order valence-corrected chi connectivity index (χ1v) is 11.0. The van der Waals surface area contributed by atoms with Crippen molar-refractivity contribution in [2.45, 2.75) is 61.1 Å². The molecular weight excluding hydrogens is 389 g/mol. The van der Waals surface area contributed by atoms with E-state index in [1.807, 2.05) is 6.92 Å². The lowest BCUT2D eigenvalue weighted by molar-refractivity contribution is -0.121. The van der Waals surface area contributed by atoms with Crippen molar-refractivity contribution in [1.82, 2.24) is 15.1 Å². The number of amides is 1. The molecule has 1 aromatic carbocycles. The largest absolute Gasteiger partial charge is 0.352 e. The number of hydrogen-bond acceptors (Lipinski definition) is 5. The van der Waals surface area contributed by atoms with Crippen molar-refractivity contribution in [3.05, 3.63) is 34.0 Å². The normalized spacial score (nSPS) is 16.8. The second-order valence-corrected chi connectivity index (χ2v) is 9.69. The fourth-order valence-corrected chi connectivity index (χ4v) is 5.52. The van der Waals surface area contributed by atoms with Gasteiger partial charge in [-0.15, -0.1) is 5.10 Å². The molecule has 1 saturated carbocycles. The summed E-state index contributed by atoms with van der Waals surface area (Å²) in [5, 5.41) is 7.43. The predicted molar refractivity (Wildman–Crippen MR) is 107 cm³/mol. The van der Waals surface area contributed by atoms with E-state index < -0.39 is 0 Å². The summed E-state index contributed by atoms with van der Waals surface area (Å²) in [6, 6.07) is 6.34. The summed E-state index contributed by atoms with van der Waals surface area (Å²) in [4.78, 5) is 12.5.